The lowest BCUT2D eigenvalue weighted by molar-refractivity contribution is -0.132. The summed E-state index contributed by atoms with van der Waals surface area (Å²) in [4.78, 5) is 16.8. The Labute approximate surface area is 204 Å². The first kappa shape index (κ1) is 24.5. The van der Waals surface area contributed by atoms with Crippen molar-refractivity contribution in [1.29, 1.82) is 0 Å². The summed E-state index contributed by atoms with van der Waals surface area (Å²) in [5.74, 6) is 0.935. The van der Waals surface area contributed by atoms with Crippen molar-refractivity contribution < 1.29 is 14.3 Å². The minimum atomic E-state index is -1.66. The van der Waals surface area contributed by atoms with Gasteiger partial charge in [-0.05, 0) is 48.6 Å². The predicted molar refractivity (Wildman–Crippen MR) is 142 cm³/mol. The molecule has 1 aromatic heterocycles. The quantitative estimate of drug-likeness (QED) is 0.424. The molecule has 0 bridgehead atoms. The van der Waals surface area contributed by atoms with Crippen LogP contribution in [0, 0.1) is 0 Å². The number of para-hydroxylation sites is 1. The van der Waals surface area contributed by atoms with E-state index in [0.717, 1.165) is 36.8 Å². The average molecular weight is 479 g/mol. The van der Waals surface area contributed by atoms with Crippen LogP contribution in [-0.2, 0) is 28.0 Å². The van der Waals surface area contributed by atoms with Crippen molar-refractivity contribution in [3.8, 4) is 5.75 Å². The van der Waals surface area contributed by atoms with Gasteiger partial charge in [0, 0.05) is 17.4 Å². The van der Waals surface area contributed by atoms with Crippen molar-refractivity contribution >= 4 is 30.1 Å². The molecule has 6 heteroatoms. The van der Waals surface area contributed by atoms with E-state index in [1.807, 2.05) is 12.1 Å². The second-order valence-electron chi connectivity index (χ2n) is 10.0. The lowest BCUT2D eigenvalue weighted by Gasteiger charge is -2.36. The van der Waals surface area contributed by atoms with E-state index >= 15 is 0 Å². The molecular formula is C28H38N2O3Si. The second-order valence-corrected chi connectivity index (χ2v) is 14.9. The number of benzene rings is 2. The number of ether oxygens (including phenoxy) is 2. The third kappa shape index (κ3) is 4.66. The van der Waals surface area contributed by atoms with E-state index in [-0.39, 0.29) is 5.91 Å². The lowest BCUT2D eigenvalue weighted by atomic mass is 9.86. The number of carbonyl (C=O) groups excluding carboxylic acids is 1. The number of fused-ring (bicyclic) bond motifs is 3. The highest BCUT2D eigenvalue weighted by Gasteiger charge is 2.41. The first-order chi connectivity index (χ1) is 16.3. The van der Waals surface area contributed by atoms with Crippen molar-refractivity contribution in [2.45, 2.75) is 64.3 Å². The monoisotopic (exact) mass is 478 g/mol. The Balaban J connectivity index is 1.46. The zero-order valence-corrected chi connectivity index (χ0v) is 22.2. The molecule has 0 spiro atoms. The highest BCUT2D eigenvalue weighted by molar-refractivity contribution is 6.89. The Morgan fingerprint density at radius 1 is 1.18 bits per heavy atom. The van der Waals surface area contributed by atoms with E-state index in [1.54, 1.807) is 7.11 Å². The van der Waals surface area contributed by atoms with E-state index in [1.165, 1.54) is 27.2 Å². The smallest absolute Gasteiger partial charge is 0.223 e. The molecule has 182 valence electrons. The van der Waals surface area contributed by atoms with Gasteiger partial charge in [-0.2, -0.15) is 0 Å². The predicted octanol–water partition coefficient (Wildman–Crippen LogP) is 5.04. The maximum atomic E-state index is 13.1. The molecule has 0 aliphatic carbocycles. The van der Waals surface area contributed by atoms with Gasteiger partial charge < -0.3 is 19.8 Å². The summed E-state index contributed by atoms with van der Waals surface area (Å²) in [6.45, 7) is 10.3. The van der Waals surface area contributed by atoms with Gasteiger partial charge in [0.15, 0.2) is 0 Å². The van der Waals surface area contributed by atoms with Crippen LogP contribution >= 0.6 is 0 Å². The van der Waals surface area contributed by atoms with Crippen molar-refractivity contribution in [1.82, 2.24) is 10.3 Å². The van der Waals surface area contributed by atoms with E-state index in [9.17, 15) is 4.79 Å². The first-order valence-corrected chi connectivity index (χ1v) is 15.7. The standard InChI is InChI=1S/C28H38N2O3Si/c1-6-20-9-8-10-23-24-15-17-33-28(7-2,27(24)30-26(20)23)19-25(31)29-16-18-34(4,5)22-13-11-21(32-3)12-14-22/h8-14,30H,6-7,15-19H2,1-5H3,(H,29,31). The van der Waals surface area contributed by atoms with Gasteiger partial charge in [-0.3, -0.25) is 4.79 Å². The first-order valence-electron chi connectivity index (χ1n) is 12.5. The zero-order valence-electron chi connectivity index (χ0n) is 21.2. The van der Waals surface area contributed by atoms with Crippen LogP contribution in [0.1, 0.15) is 43.5 Å². The fourth-order valence-electron chi connectivity index (χ4n) is 5.26. The summed E-state index contributed by atoms with van der Waals surface area (Å²) in [6.07, 6.45) is 2.96. The Hall–Kier alpha value is -2.57. The molecule has 1 amide bonds. The summed E-state index contributed by atoms with van der Waals surface area (Å²) in [6, 6.07) is 15.9. The largest absolute Gasteiger partial charge is 0.497 e. The van der Waals surface area contributed by atoms with Gasteiger partial charge >= 0.3 is 0 Å². The minimum Gasteiger partial charge on any atom is -0.497 e. The number of aromatic amines is 1. The van der Waals surface area contributed by atoms with Crippen LogP contribution in [0.4, 0.5) is 0 Å². The average Bonchev–Trinajstić information content (AvgIpc) is 3.24. The molecule has 0 fully saturated rings. The molecule has 2 heterocycles. The molecular weight excluding hydrogens is 440 g/mol. The number of H-pyrrole nitrogens is 1. The molecule has 2 N–H and O–H groups in total. The number of hydrogen-bond acceptors (Lipinski definition) is 3. The fourth-order valence-corrected chi connectivity index (χ4v) is 7.37. The molecule has 0 radical (unpaired) electrons. The summed E-state index contributed by atoms with van der Waals surface area (Å²) >= 11 is 0. The topological polar surface area (TPSA) is 63.4 Å². The van der Waals surface area contributed by atoms with Gasteiger partial charge in [-0.1, -0.05) is 62.5 Å². The molecule has 34 heavy (non-hydrogen) atoms. The van der Waals surface area contributed by atoms with Gasteiger partial charge in [0.2, 0.25) is 5.91 Å². The van der Waals surface area contributed by atoms with Crippen LogP contribution in [-0.4, -0.2) is 39.2 Å². The molecule has 0 saturated carbocycles. The van der Waals surface area contributed by atoms with Gasteiger partial charge in [0.05, 0.1) is 33.9 Å². The third-order valence-corrected chi connectivity index (χ3v) is 11.0. The number of aryl methyl sites for hydroxylation is 1. The summed E-state index contributed by atoms with van der Waals surface area (Å²) in [5, 5.41) is 5.86. The van der Waals surface area contributed by atoms with Crippen LogP contribution < -0.4 is 15.2 Å². The Bertz CT molecular complexity index is 1150. The maximum Gasteiger partial charge on any atom is 0.223 e. The van der Waals surface area contributed by atoms with Crippen molar-refractivity contribution in [3.63, 3.8) is 0 Å². The van der Waals surface area contributed by atoms with E-state index in [0.29, 0.717) is 19.6 Å². The molecule has 2 aromatic carbocycles. The van der Waals surface area contributed by atoms with Gasteiger partial charge in [-0.25, -0.2) is 0 Å². The van der Waals surface area contributed by atoms with Gasteiger partial charge in [0.25, 0.3) is 0 Å². The Kier molecular flexibility index (Phi) is 7.19. The van der Waals surface area contributed by atoms with E-state index in [2.05, 4.69) is 67.6 Å². The van der Waals surface area contributed by atoms with Gasteiger partial charge in [-0.15, -0.1) is 0 Å². The van der Waals surface area contributed by atoms with Crippen LogP contribution in [0.5, 0.6) is 5.75 Å². The van der Waals surface area contributed by atoms with E-state index < -0.39 is 13.7 Å². The molecule has 4 rings (SSSR count). The van der Waals surface area contributed by atoms with Crippen molar-refractivity contribution in [3.05, 3.63) is 59.3 Å². The SMILES string of the molecule is CCc1cccc2c3c([nH]c12)C(CC)(CC(=O)NCC[Si](C)(C)c1ccc(OC)cc1)OCC3. The van der Waals surface area contributed by atoms with Crippen molar-refractivity contribution in [2.75, 3.05) is 20.3 Å². The van der Waals surface area contributed by atoms with Crippen molar-refractivity contribution in [2.24, 2.45) is 0 Å². The zero-order chi connectivity index (χ0) is 24.3. The molecule has 1 atom stereocenters. The number of methoxy groups -OCH3 is 1. The van der Waals surface area contributed by atoms with Crippen LogP contribution in [0.15, 0.2) is 42.5 Å². The van der Waals surface area contributed by atoms with Crippen LogP contribution in [0.3, 0.4) is 0 Å². The number of amides is 1. The molecule has 1 aliphatic rings. The number of aromatic nitrogens is 1. The van der Waals surface area contributed by atoms with E-state index in [4.69, 9.17) is 9.47 Å². The molecule has 3 aromatic rings. The number of nitrogens with one attached hydrogen (secondary N) is 2. The van der Waals surface area contributed by atoms with Gasteiger partial charge in [0.1, 0.15) is 11.4 Å². The summed E-state index contributed by atoms with van der Waals surface area (Å²) in [7, 11) is 0.0288. The summed E-state index contributed by atoms with van der Waals surface area (Å²) < 4.78 is 11.6. The molecule has 1 unspecified atom stereocenters. The summed E-state index contributed by atoms with van der Waals surface area (Å²) in [5.41, 5.74) is 4.34. The van der Waals surface area contributed by atoms with Crippen LogP contribution in [0.2, 0.25) is 19.1 Å². The highest BCUT2D eigenvalue weighted by atomic mass is 28.3. The lowest BCUT2D eigenvalue weighted by Crippen LogP contribution is -2.45. The fraction of sp³-hybridized carbons (Fsp3) is 0.464. The Morgan fingerprint density at radius 3 is 2.62 bits per heavy atom. The highest BCUT2D eigenvalue weighted by Crippen LogP contribution is 2.42. The molecule has 0 saturated heterocycles. The minimum absolute atomic E-state index is 0.0589. The second kappa shape index (κ2) is 9.96. The normalized spacial score (nSPS) is 18.0. The van der Waals surface area contributed by atoms with Crippen LogP contribution in [0.25, 0.3) is 10.9 Å². The Morgan fingerprint density at radius 2 is 1.94 bits per heavy atom. The third-order valence-electron chi connectivity index (χ3n) is 7.56. The number of rotatable bonds is 9. The molecule has 1 aliphatic heterocycles. The molecule has 5 nitrogen and oxygen atoms in total. The number of hydrogen-bond donors (Lipinski definition) is 2. The number of carbonyl (C=O) groups is 1. The maximum absolute atomic E-state index is 13.1.